The smallest absolute Gasteiger partial charge is 0.212 e. The largest absolute Gasteiger partial charge is 0.289 e. The molecule has 0 aliphatic carbocycles. The van der Waals surface area contributed by atoms with E-state index in [-0.39, 0.29) is 16.7 Å². The highest BCUT2D eigenvalue weighted by atomic mass is 32.2. The zero-order chi connectivity index (χ0) is 49.0. The molecule has 7 rings (SSSR count). The highest BCUT2D eigenvalue weighted by molar-refractivity contribution is 7.97. The predicted octanol–water partition coefficient (Wildman–Crippen LogP) is 10.2. The summed E-state index contributed by atoms with van der Waals surface area (Å²) in [6.45, 7) is 0. The summed E-state index contributed by atoms with van der Waals surface area (Å²) in [5, 5.41) is 2.48. The Morgan fingerprint density at radius 2 is 0.636 bits per heavy atom. The third-order valence-electron chi connectivity index (χ3n) is 10.3. The molecule has 7 aromatic rings. The fourth-order valence-electron chi connectivity index (χ4n) is 7.25. The minimum atomic E-state index is -7.22. The first kappa shape index (κ1) is 48.9. The van der Waals surface area contributed by atoms with E-state index >= 15 is 35.1 Å². The van der Waals surface area contributed by atoms with Crippen molar-refractivity contribution in [1.82, 2.24) is 0 Å². The van der Waals surface area contributed by atoms with Crippen LogP contribution in [0.25, 0.3) is 10.8 Å². The van der Waals surface area contributed by atoms with Crippen LogP contribution in [0.5, 0.6) is 0 Å². The van der Waals surface area contributed by atoms with E-state index in [1.165, 1.54) is 15.7 Å². The average molecular weight is 972 g/mol. The Morgan fingerprint density at radius 3 is 0.955 bits per heavy atom. The lowest BCUT2D eigenvalue weighted by Crippen LogP contribution is -2.81. The van der Waals surface area contributed by atoms with Gasteiger partial charge in [-0.3, -0.25) is 4.79 Å². The molecular weight excluding hydrogens is 955 g/mol. The molecule has 0 spiro atoms. The highest BCUT2D eigenvalue weighted by Crippen LogP contribution is 2.31. The van der Waals surface area contributed by atoms with E-state index in [4.69, 9.17) is 0 Å². The first-order chi connectivity index (χ1) is 30.9. The second kappa shape index (κ2) is 18.4. The summed E-state index contributed by atoms with van der Waals surface area (Å²) in [7, 11) is -0.0696. The number of carbonyl (C=O) groups excluding carboxylic acids is 1. The average Bonchev–Trinajstić information content (AvgIpc) is 3.31. The second-order valence-corrected chi connectivity index (χ2v) is 15.9. The third-order valence-corrected chi connectivity index (χ3v) is 12.0. The minimum absolute atomic E-state index is 0.0696. The van der Waals surface area contributed by atoms with E-state index in [0.29, 0.717) is 5.75 Å². The van der Waals surface area contributed by atoms with E-state index in [9.17, 15) is 57.5 Å². The van der Waals surface area contributed by atoms with Gasteiger partial charge in [-0.05, 0) is 22.9 Å². The Hall–Kier alpha value is -6.52. The number of fused-ring (bicyclic) bond motifs is 1. The van der Waals surface area contributed by atoms with E-state index < -0.39 is 144 Å². The quantitative estimate of drug-likeness (QED) is 0.0371. The van der Waals surface area contributed by atoms with Crippen molar-refractivity contribution in [2.45, 2.75) is 4.90 Å². The van der Waals surface area contributed by atoms with Gasteiger partial charge >= 0.3 is 0 Å². The maximum atomic E-state index is 15.4. The van der Waals surface area contributed by atoms with Gasteiger partial charge in [0.05, 0.1) is 0 Å². The van der Waals surface area contributed by atoms with E-state index in [1.54, 1.807) is 0 Å². The fraction of sp³-hybridized carbons (Fsp3) is 0.0465. The lowest BCUT2D eigenvalue weighted by atomic mass is 9.12. The number of ketones is 1. The zero-order valence-electron chi connectivity index (χ0n) is 32.1. The Balaban J connectivity index is 0.000000284. The molecule has 0 bridgehead atoms. The van der Waals surface area contributed by atoms with Gasteiger partial charge in [0.1, 0.15) is 58.9 Å². The van der Waals surface area contributed by atoms with Crippen LogP contribution in [-0.2, 0) is 10.9 Å². The summed E-state index contributed by atoms with van der Waals surface area (Å²) in [6.07, 6.45) is -5.07. The third kappa shape index (κ3) is 7.79. The van der Waals surface area contributed by atoms with Gasteiger partial charge in [-0.25, -0.2) is 87.8 Å². The summed E-state index contributed by atoms with van der Waals surface area (Å²) in [4.78, 5) is 13.5. The minimum Gasteiger partial charge on any atom is -0.289 e. The molecule has 1 unspecified atom stereocenters. The molecule has 7 aromatic carbocycles. The standard InChI is InChI=1S/C24BF20.C19H17OS/c26-5-1(6(27)14(35)21(42)13(5)34)25(2-7(28)15(36)22(43)16(37)8(2)29,3-9(30)17(38)23(44)18(39)10(3)31)4-11(32)19(40)24(45)20(41)12(4)33;1-21(14-19(20)16-8-3-2-4-9-16)18-12-11-15-7-5-6-10-17(15)13-18/h;2-13H,14H2,1H3/q-1;+1. The van der Waals surface area contributed by atoms with Crippen LogP contribution in [0.15, 0.2) is 77.7 Å². The summed E-state index contributed by atoms with van der Waals surface area (Å²) in [6, 6.07) is 24.4. The molecule has 0 fully saturated rings. The number of Topliss-reactive ketones (excluding diaryl/α,β-unsaturated/α-hetero) is 1. The van der Waals surface area contributed by atoms with Crippen molar-refractivity contribution in [3.8, 4) is 0 Å². The topological polar surface area (TPSA) is 17.1 Å². The summed E-state index contributed by atoms with van der Waals surface area (Å²) in [5.41, 5.74) is -13.5. The maximum absolute atomic E-state index is 15.4. The molecule has 66 heavy (non-hydrogen) atoms. The van der Waals surface area contributed by atoms with Gasteiger partial charge in [-0.1, -0.05) is 54.6 Å². The van der Waals surface area contributed by atoms with Crippen molar-refractivity contribution in [1.29, 1.82) is 0 Å². The van der Waals surface area contributed by atoms with E-state index in [1.807, 2.05) is 36.4 Å². The number of rotatable bonds is 8. The number of benzene rings is 7. The van der Waals surface area contributed by atoms with Crippen LogP contribution in [0.4, 0.5) is 87.8 Å². The van der Waals surface area contributed by atoms with E-state index in [0.717, 1.165) is 5.56 Å². The van der Waals surface area contributed by atoms with Crippen molar-refractivity contribution in [2.24, 2.45) is 0 Å². The molecule has 0 saturated heterocycles. The Labute approximate surface area is 359 Å². The molecule has 1 atom stereocenters. The van der Waals surface area contributed by atoms with Crippen LogP contribution in [0.1, 0.15) is 10.4 Å². The molecule has 0 aromatic heterocycles. The number of hydrogen-bond acceptors (Lipinski definition) is 1. The second-order valence-electron chi connectivity index (χ2n) is 13.9. The normalized spacial score (nSPS) is 12.1. The maximum Gasteiger partial charge on any atom is 0.212 e. The van der Waals surface area contributed by atoms with Gasteiger partial charge in [0.25, 0.3) is 0 Å². The summed E-state index contributed by atoms with van der Waals surface area (Å²) < 4.78 is 294. The molecular formula is C43H17BF20OS. The highest BCUT2D eigenvalue weighted by Gasteiger charge is 2.52. The SMILES string of the molecule is C[S+](CC(=O)c1ccccc1)c1ccc2ccccc2c1.Fc1c(F)c(F)c([B-](c2c(F)c(F)c(F)c(F)c2F)(c2c(F)c(F)c(F)c(F)c2F)c2c(F)c(F)c(F)c(F)c2F)c(F)c1F. The van der Waals surface area contributed by atoms with Gasteiger partial charge < -0.3 is 0 Å². The molecule has 0 saturated carbocycles. The Bertz CT molecular complexity index is 2730. The molecule has 23 heteroatoms. The van der Waals surface area contributed by atoms with Crippen molar-refractivity contribution in [3.05, 3.63) is 195 Å². The van der Waals surface area contributed by atoms with Crippen LogP contribution in [-0.4, -0.2) is 23.9 Å². The number of carbonyl (C=O) groups is 1. The van der Waals surface area contributed by atoms with Crippen molar-refractivity contribution >= 4 is 55.4 Å². The zero-order valence-corrected chi connectivity index (χ0v) is 32.9. The van der Waals surface area contributed by atoms with E-state index in [2.05, 4.69) is 42.7 Å². The van der Waals surface area contributed by atoms with Crippen molar-refractivity contribution < 1.29 is 92.6 Å². The first-order valence-electron chi connectivity index (χ1n) is 17.9. The van der Waals surface area contributed by atoms with Crippen LogP contribution in [0, 0.1) is 116 Å². The number of hydrogen-bond donors (Lipinski definition) is 0. The molecule has 0 heterocycles. The number of halogens is 20. The molecule has 0 amide bonds. The molecule has 0 radical (unpaired) electrons. The summed E-state index contributed by atoms with van der Waals surface area (Å²) in [5.74, 6) is -70.6. The predicted molar refractivity (Wildman–Crippen MR) is 200 cm³/mol. The lowest BCUT2D eigenvalue weighted by molar-refractivity contribution is 0.102. The van der Waals surface area contributed by atoms with Gasteiger partial charge in [0.15, 0.2) is 80.5 Å². The van der Waals surface area contributed by atoms with Gasteiger partial charge in [-0.2, -0.15) is 0 Å². The van der Waals surface area contributed by atoms with Gasteiger partial charge in [-0.15, -0.1) is 21.9 Å². The van der Waals surface area contributed by atoms with Crippen molar-refractivity contribution in [3.63, 3.8) is 0 Å². The first-order valence-corrected chi connectivity index (χ1v) is 19.7. The molecule has 0 N–H and O–H groups in total. The van der Waals surface area contributed by atoms with Crippen LogP contribution in [0.2, 0.25) is 0 Å². The van der Waals surface area contributed by atoms with Crippen LogP contribution >= 0.6 is 0 Å². The molecule has 0 aliphatic rings. The Kier molecular flexibility index (Phi) is 13.6. The molecule has 1 nitrogen and oxygen atoms in total. The molecule has 0 aliphatic heterocycles. The van der Waals surface area contributed by atoms with Gasteiger partial charge in [0.2, 0.25) is 5.78 Å². The Morgan fingerprint density at radius 1 is 0.364 bits per heavy atom. The van der Waals surface area contributed by atoms with Gasteiger partial charge in [0, 0.05) is 22.5 Å². The monoisotopic (exact) mass is 972 g/mol. The fourth-order valence-corrected chi connectivity index (χ4v) is 8.60. The van der Waals surface area contributed by atoms with Crippen LogP contribution in [0.3, 0.4) is 0 Å². The van der Waals surface area contributed by atoms with Crippen LogP contribution < -0.4 is 21.9 Å². The summed E-state index contributed by atoms with van der Waals surface area (Å²) >= 11 is 0. The lowest BCUT2D eigenvalue weighted by Gasteiger charge is -2.44. The molecule has 344 valence electrons. The van der Waals surface area contributed by atoms with Crippen molar-refractivity contribution in [2.75, 3.05) is 12.0 Å².